The van der Waals surface area contributed by atoms with Gasteiger partial charge < -0.3 is 4.74 Å². The molecule has 0 saturated carbocycles. The molecule has 0 aliphatic rings. The molecule has 1 nitrogen and oxygen atoms in total. The van der Waals surface area contributed by atoms with Crippen molar-refractivity contribution in [3.63, 3.8) is 0 Å². The molecule has 0 rings (SSSR count). The smallest absolute Gasteiger partial charge is 0.0686 e. The molecule has 0 aliphatic carbocycles. The summed E-state index contributed by atoms with van der Waals surface area (Å²) < 4.78 is 5.98. The first kappa shape index (κ1) is 11.7. The molecule has 0 unspecified atom stereocenters. The van der Waals surface area contributed by atoms with E-state index in [1.165, 1.54) is 25.7 Å². The third kappa shape index (κ3) is 5.91. The maximum Gasteiger partial charge on any atom is 0.0686 e. The van der Waals surface area contributed by atoms with E-state index >= 15 is 0 Å². The van der Waals surface area contributed by atoms with Crippen LogP contribution in [0.15, 0.2) is 0 Å². The maximum atomic E-state index is 5.35. The van der Waals surface area contributed by atoms with Gasteiger partial charge in [-0.2, -0.15) is 0 Å². The number of ether oxygens (including phenoxy) is 1. The first-order valence-corrected chi connectivity index (χ1v) is 5.63. The van der Waals surface area contributed by atoms with Crippen molar-refractivity contribution in [3.8, 4) is 0 Å². The van der Waals surface area contributed by atoms with E-state index in [4.69, 9.17) is 4.74 Å². The highest BCUT2D eigenvalue weighted by Crippen LogP contribution is 2.15. The van der Waals surface area contributed by atoms with E-state index < -0.39 is 0 Å². The van der Waals surface area contributed by atoms with E-state index in [9.17, 15) is 0 Å². The van der Waals surface area contributed by atoms with Crippen molar-refractivity contribution in [2.45, 2.75) is 49.6 Å². The number of methoxy groups -OCH3 is 1. The van der Waals surface area contributed by atoms with Gasteiger partial charge >= 0.3 is 0 Å². The van der Waals surface area contributed by atoms with Crippen molar-refractivity contribution >= 4 is 22.6 Å². The van der Waals surface area contributed by atoms with Gasteiger partial charge in [-0.3, -0.25) is 0 Å². The second kappa shape index (κ2) is 7.35. The number of halogens is 1. The second-order valence-electron chi connectivity index (χ2n) is 2.95. The molecule has 0 amide bonds. The highest BCUT2D eigenvalue weighted by molar-refractivity contribution is 14.1. The average Bonchev–Trinajstić information content (AvgIpc) is 1.97. The quantitative estimate of drug-likeness (QED) is 0.408. The third-order valence-electron chi connectivity index (χ3n) is 1.91. The third-order valence-corrected chi connectivity index (χ3v) is 2.71. The Morgan fingerprint density at radius 3 is 2.36 bits per heavy atom. The zero-order valence-electron chi connectivity index (χ0n) is 7.77. The Balaban J connectivity index is 3.36. The van der Waals surface area contributed by atoms with Crippen LogP contribution in [-0.4, -0.2) is 17.1 Å². The molecule has 0 spiro atoms. The van der Waals surface area contributed by atoms with Gasteiger partial charge in [-0.1, -0.05) is 55.7 Å². The molecular weight excluding hydrogens is 251 g/mol. The Labute approximate surface area is 84.0 Å². The predicted molar refractivity (Wildman–Crippen MR) is 58.4 cm³/mol. The van der Waals surface area contributed by atoms with Crippen LogP contribution in [0, 0.1) is 0 Å². The molecule has 0 bridgehead atoms. The fraction of sp³-hybridized carbons (Fsp3) is 1.00. The Morgan fingerprint density at radius 1 is 1.36 bits per heavy atom. The van der Waals surface area contributed by atoms with Gasteiger partial charge in [0.25, 0.3) is 0 Å². The summed E-state index contributed by atoms with van der Waals surface area (Å²) in [6.45, 7) is 4.44. The summed E-state index contributed by atoms with van der Waals surface area (Å²) >= 11 is 2.43. The van der Waals surface area contributed by atoms with Gasteiger partial charge in [-0.05, 0) is 6.42 Å². The molecule has 0 aromatic carbocycles. The standard InChI is InChI=1S/C9H19IO/c1-4-5-6-7-9(11-3)8(2)10/h8-9H,4-7H2,1-3H3/t8-,9+/m0/s1. The van der Waals surface area contributed by atoms with Crippen molar-refractivity contribution in [1.29, 1.82) is 0 Å². The van der Waals surface area contributed by atoms with Crippen LogP contribution in [0.5, 0.6) is 0 Å². The fourth-order valence-electron chi connectivity index (χ4n) is 1.13. The summed E-state index contributed by atoms with van der Waals surface area (Å²) in [5.74, 6) is 0. The molecule has 0 saturated heterocycles. The Hall–Kier alpha value is 0.690. The summed E-state index contributed by atoms with van der Waals surface area (Å²) in [5, 5.41) is 0. The van der Waals surface area contributed by atoms with Crippen LogP contribution in [-0.2, 0) is 4.74 Å². The summed E-state index contributed by atoms with van der Waals surface area (Å²) in [6, 6.07) is 0. The first-order chi connectivity index (χ1) is 5.22. The lowest BCUT2D eigenvalue weighted by atomic mass is 10.1. The van der Waals surface area contributed by atoms with Crippen LogP contribution in [0.2, 0.25) is 0 Å². The van der Waals surface area contributed by atoms with Gasteiger partial charge in [-0.25, -0.2) is 0 Å². The SMILES string of the molecule is CCCCC[C@@H](OC)[C@H](C)I. The maximum absolute atomic E-state index is 5.35. The lowest BCUT2D eigenvalue weighted by molar-refractivity contribution is 0.0976. The zero-order chi connectivity index (χ0) is 8.69. The summed E-state index contributed by atoms with van der Waals surface area (Å²) in [4.78, 5) is 0. The molecule has 0 fully saturated rings. The van der Waals surface area contributed by atoms with Crippen LogP contribution in [0.3, 0.4) is 0 Å². The molecule has 0 aromatic rings. The first-order valence-electron chi connectivity index (χ1n) is 4.39. The van der Waals surface area contributed by atoms with Gasteiger partial charge in [0.05, 0.1) is 6.10 Å². The van der Waals surface area contributed by atoms with Crippen molar-refractivity contribution in [2.75, 3.05) is 7.11 Å². The van der Waals surface area contributed by atoms with Crippen molar-refractivity contribution in [3.05, 3.63) is 0 Å². The van der Waals surface area contributed by atoms with Crippen molar-refractivity contribution in [1.82, 2.24) is 0 Å². The van der Waals surface area contributed by atoms with Crippen LogP contribution >= 0.6 is 22.6 Å². The van der Waals surface area contributed by atoms with Gasteiger partial charge in [-0.15, -0.1) is 0 Å². The lowest BCUT2D eigenvalue weighted by Gasteiger charge is -2.17. The Kier molecular flexibility index (Phi) is 7.81. The minimum atomic E-state index is 0.460. The minimum absolute atomic E-state index is 0.460. The van der Waals surface area contributed by atoms with Crippen molar-refractivity contribution in [2.24, 2.45) is 0 Å². The molecule has 2 heteroatoms. The highest BCUT2D eigenvalue weighted by Gasteiger charge is 2.11. The molecule has 68 valence electrons. The van der Waals surface area contributed by atoms with E-state index in [0.717, 1.165) is 0 Å². The van der Waals surface area contributed by atoms with E-state index in [0.29, 0.717) is 10.0 Å². The Morgan fingerprint density at radius 2 is 2.00 bits per heavy atom. The molecule has 0 radical (unpaired) electrons. The highest BCUT2D eigenvalue weighted by atomic mass is 127. The summed E-state index contributed by atoms with van der Waals surface area (Å²) in [7, 11) is 1.81. The predicted octanol–water partition coefficient (Wildman–Crippen LogP) is 3.41. The van der Waals surface area contributed by atoms with Gasteiger partial charge in [0.2, 0.25) is 0 Å². The molecular formula is C9H19IO. The van der Waals surface area contributed by atoms with Crippen LogP contribution in [0.4, 0.5) is 0 Å². The van der Waals surface area contributed by atoms with Gasteiger partial charge in [0.15, 0.2) is 0 Å². The Bertz CT molecular complexity index is 83.6. The number of alkyl halides is 1. The number of hydrogen-bond acceptors (Lipinski definition) is 1. The van der Waals surface area contributed by atoms with E-state index in [2.05, 4.69) is 36.4 Å². The average molecular weight is 270 g/mol. The fourth-order valence-corrected chi connectivity index (χ4v) is 1.78. The second-order valence-corrected chi connectivity index (χ2v) is 4.91. The topological polar surface area (TPSA) is 9.23 Å². The molecule has 0 aromatic heterocycles. The van der Waals surface area contributed by atoms with Crippen LogP contribution in [0.25, 0.3) is 0 Å². The van der Waals surface area contributed by atoms with Gasteiger partial charge in [0.1, 0.15) is 0 Å². The summed E-state index contributed by atoms with van der Waals surface area (Å²) in [6.07, 6.45) is 5.62. The zero-order valence-corrected chi connectivity index (χ0v) is 9.93. The monoisotopic (exact) mass is 270 g/mol. The van der Waals surface area contributed by atoms with E-state index in [-0.39, 0.29) is 0 Å². The van der Waals surface area contributed by atoms with Crippen molar-refractivity contribution < 1.29 is 4.74 Å². The van der Waals surface area contributed by atoms with Crippen LogP contribution < -0.4 is 0 Å². The molecule has 0 N–H and O–H groups in total. The number of hydrogen-bond donors (Lipinski definition) is 0. The van der Waals surface area contributed by atoms with E-state index in [1.54, 1.807) is 0 Å². The normalized spacial score (nSPS) is 16.4. The van der Waals surface area contributed by atoms with E-state index in [1.807, 2.05) is 7.11 Å². The molecule has 0 aliphatic heterocycles. The largest absolute Gasteiger partial charge is 0.380 e. The van der Waals surface area contributed by atoms with Crippen LogP contribution in [0.1, 0.15) is 39.5 Å². The number of unbranched alkanes of at least 4 members (excludes halogenated alkanes) is 2. The molecule has 0 heterocycles. The molecule has 2 atom stereocenters. The summed E-state index contributed by atoms with van der Waals surface area (Å²) in [5.41, 5.74) is 0. The minimum Gasteiger partial charge on any atom is -0.380 e. The van der Waals surface area contributed by atoms with Gasteiger partial charge in [0, 0.05) is 11.0 Å². The lowest BCUT2D eigenvalue weighted by Crippen LogP contribution is -2.19. The molecule has 11 heavy (non-hydrogen) atoms. The number of rotatable bonds is 6.